The first kappa shape index (κ1) is 29.5. The maximum atomic E-state index is 13.3. The van der Waals surface area contributed by atoms with Crippen molar-refractivity contribution in [3.63, 3.8) is 0 Å². The summed E-state index contributed by atoms with van der Waals surface area (Å²) >= 11 is 0. The second-order valence-electron chi connectivity index (χ2n) is 10.7. The maximum Gasteiger partial charge on any atom is 0.401 e. The van der Waals surface area contributed by atoms with Gasteiger partial charge in [-0.15, -0.1) is 0 Å². The zero-order chi connectivity index (χ0) is 29.5. The Morgan fingerprint density at radius 1 is 0.929 bits per heavy atom. The molecule has 220 valence electrons. The van der Waals surface area contributed by atoms with E-state index in [0.29, 0.717) is 24.5 Å². The van der Waals surface area contributed by atoms with Crippen LogP contribution in [0.1, 0.15) is 35.4 Å². The van der Waals surface area contributed by atoms with Crippen LogP contribution < -0.4 is 15.4 Å². The number of anilines is 1. The molecule has 0 bridgehead atoms. The number of urea groups is 1. The molecule has 0 radical (unpaired) electrons. The van der Waals surface area contributed by atoms with Gasteiger partial charge < -0.3 is 20.3 Å². The number of ether oxygens (including phenoxy) is 1. The molecule has 2 N–H and O–H groups in total. The number of methoxy groups -OCH3 is 1. The summed E-state index contributed by atoms with van der Waals surface area (Å²) < 4.78 is 44.1. The van der Waals surface area contributed by atoms with E-state index in [2.05, 4.69) is 27.4 Å². The number of benzene rings is 3. The Morgan fingerprint density at radius 2 is 1.60 bits per heavy atom. The first-order valence-corrected chi connectivity index (χ1v) is 14.2. The van der Waals surface area contributed by atoms with Crippen molar-refractivity contribution in [1.82, 2.24) is 15.1 Å². The molecule has 2 heterocycles. The highest BCUT2D eigenvalue weighted by Crippen LogP contribution is 2.42. The Morgan fingerprint density at radius 3 is 2.26 bits per heavy atom. The topological polar surface area (TPSA) is 56.8 Å². The molecule has 2 saturated heterocycles. The van der Waals surface area contributed by atoms with Crippen molar-refractivity contribution in [1.29, 1.82) is 0 Å². The lowest BCUT2D eigenvalue weighted by atomic mass is 9.73. The van der Waals surface area contributed by atoms with Gasteiger partial charge in [0.15, 0.2) is 0 Å². The average Bonchev–Trinajstić information content (AvgIpc) is 2.97. The van der Waals surface area contributed by atoms with Crippen LogP contribution in [-0.2, 0) is 0 Å². The summed E-state index contributed by atoms with van der Waals surface area (Å²) in [6.07, 6.45) is -2.59. The Hall–Kier alpha value is -4.00. The number of nitrogens with zero attached hydrogens (tertiary/aromatic N) is 2. The first-order valence-electron chi connectivity index (χ1n) is 14.2. The monoisotopic (exact) mass is 576 g/mol. The zero-order valence-corrected chi connectivity index (χ0v) is 23.5. The van der Waals surface area contributed by atoms with E-state index in [9.17, 15) is 18.0 Å². The summed E-state index contributed by atoms with van der Waals surface area (Å²) in [6.45, 7) is 1.07. The fourth-order valence-electron chi connectivity index (χ4n) is 5.84. The van der Waals surface area contributed by atoms with Crippen molar-refractivity contribution >= 4 is 11.7 Å². The van der Waals surface area contributed by atoms with E-state index in [4.69, 9.17) is 4.74 Å². The van der Waals surface area contributed by atoms with Crippen molar-refractivity contribution in [2.45, 2.75) is 37.0 Å². The van der Waals surface area contributed by atoms with Gasteiger partial charge in [-0.2, -0.15) is 13.2 Å². The number of nitrogens with one attached hydrogen (secondary N) is 2. The van der Waals surface area contributed by atoms with Gasteiger partial charge in [0.05, 0.1) is 13.7 Å². The predicted molar refractivity (Wildman–Crippen MR) is 158 cm³/mol. The van der Waals surface area contributed by atoms with E-state index < -0.39 is 12.7 Å². The molecule has 3 aromatic carbocycles. The fourth-order valence-corrected chi connectivity index (χ4v) is 5.84. The molecule has 0 spiro atoms. The quantitative estimate of drug-likeness (QED) is 0.369. The molecule has 3 unspecified atom stereocenters. The van der Waals surface area contributed by atoms with Crippen molar-refractivity contribution in [3.8, 4) is 17.6 Å². The van der Waals surface area contributed by atoms with Crippen molar-refractivity contribution in [3.05, 3.63) is 95.6 Å². The predicted octanol–water partition coefficient (Wildman–Crippen LogP) is 5.71. The second-order valence-corrected chi connectivity index (χ2v) is 10.7. The molecule has 3 aromatic rings. The van der Waals surface area contributed by atoms with Crippen LogP contribution in [0.3, 0.4) is 0 Å². The summed E-state index contributed by atoms with van der Waals surface area (Å²) in [6, 6.07) is 24.6. The standard InChI is InChI=1S/C33H35F3N4O2/c1-42-28-17-15-27(16-18-28)38-32(41)39-19-5-6-20-40-29(21-37-23-33(34,35)36)31(30(40)22-39)26-13-11-25(12-14-26)10-9-24-7-3-2-4-8-24/h2-4,7-8,11-18,29-31,37H,5-6,19-23H2,1H3,(H,38,41). The highest BCUT2D eigenvalue weighted by atomic mass is 19.4. The molecule has 6 nitrogen and oxygen atoms in total. The van der Waals surface area contributed by atoms with Crippen LogP contribution in [0.15, 0.2) is 78.9 Å². The lowest BCUT2D eigenvalue weighted by molar-refractivity contribution is -0.127. The third-order valence-electron chi connectivity index (χ3n) is 7.91. The number of fused-ring (bicyclic) bond motifs is 1. The lowest BCUT2D eigenvalue weighted by Gasteiger charge is -2.57. The summed E-state index contributed by atoms with van der Waals surface area (Å²) in [4.78, 5) is 17.4. The van der Waals surface area contributed by atoms with Gasteiger partial charge in [0.2, 0.25) is 0 Å². The van der Waals surface area contributed by atoms with Crippen LogP contribution in [0, 0.1) is 11.8 Å². The number of hydrogen-bond acceptors (Lipinski definition) is 4. The number of rotatable bonds is 6. The Balaban J connectivity index is 1.33. The molecule has 2 aliphatic heterocycles. The molecular formula is C33H35F3N4O2. The zero-order valence-electron chi connectivity index (χ0n) is 23.5. The number of carbonyl (C=O) groups excluding carboxylic acids is 1. The van der Waals surface area contributed by atoms with E-state index in [-0.39, 0.29) is 30.6 Å². The minimum Gasteiger partial charge on any atom is -0.497 e. The van der Waals surface area contributed by atoms with E-state index in [0.717, 1.165) is 36.1 Å². The van der Waals surface area contributed by atoms with E-state index in [1.54, 1.807) is 31.4 Å². The van der Waals surface area contributed by atoms with E-state index in [1.807, 2.05) is 59.5 Å². The summed E-state index contributed by atoms with van der Waals surface area (Å²) in [5.41, 5.74) is 3.50. The normalized spacial score (nSPS) is 20.7. The number of halogens is 3. The Bertz CT molecular complexity index is 1390. The van der Waals surface area contributed by atoms with Crippen LogP contribution in [0.5, 0.6) is 5.75 Å². The highest BCUT2D eigenvalue weighted by molar-refractivity contribution is 5.89. The van der Waals surface area contributed by atoms with Crippen molar-refractivity contribution in [2.24, 2.45) is 0 Å². The van der Waals surface area contributed by atoms with E-state index in [1.165, 1.54) is 0 Å². The van der Waals surface area contributed by atoms with Gasteiger partial charge in [-0.05, 0) is 73.5 Å². The number of amides is 2. The highest BCUT2D eigenvalue weighted by Gasteiger charge is 2.49. The molecule has 0 aliphatic carbocycles. The van der Waals surface area contributed by atoms with Gasteiger partial charge in [0.25, 0.3) is 0 Å². The van der Waals surface area contributed by atoms with Crippen molar-refractivity contribution < 1.29 is 22.7 Å². The molecule has 2 fully saturated rings. The SMILES string of the molecule is COc1ccc(NC(=O)N2CCCCN3C(CNCC(F)(F)F)C(c4ccc(C#Cc5ccccc5)cc4)C3C2)cc1. The van der Waals surface area contributed by atoms with Crippen LogP contribution in [0.4, 0.5) is 23.7 Å². The molecule has 2 aliphatic rings. The van der Waals surface area contributed by atoms with E-state index >= 15 is 0 Å². The molecule has 0 saturated carbocycles. The van der Waals surface area contributed by atoms with Gasteiger partial charge in [0.1, 0.15) is 5.75 Å². The second kappa shape index (κ2) is 13.3. The van der Waals surface area contributed by atoms with Crippen LogP contribution in [0.25, 0.3) is 0 Å². The average molecular weight is 577 g/mol. The van der Waals surface area contributed by atoms with Crippen LogP contribution >= 0.6 is 0 Å². The third kappa shape index (κ3) is 7.44. The molecule has 9 heteroatoms. The molecule has 2 amide bonds. The van der Waals surface area contributed by atoms with Gasteiger partial charge in [-0.1, -0.05) is 42.2 Å². The Labute approximate surface area is 244 Å². The summed E-state index contributed by atoms with van der Waals surface area (Å²) in [7, 11) is 1.59. The number of alkyl halides is 3. The third-order valence-corrected chi connectivity index (χ3v) is 7.91. The number of hydrogen-bond donors (Lipinski definition) is 2. The van der Waals surface area contributed by atoms with Crippen LogP contribution in [0.2, 0.25) is 0 Å². The maximum absolute atomic E-state index is 13.3. The minimum absolute atomic E-state index is 0.00847. The molecule has 42 heavy (non-hydrogen) atoms. The lowest BCUT2D eigenvalue weighted by Crippen LogP contribution is -2.69. The Kier molecular flexibility index (Phi) is 9.35. The largest absolute Gasteiger partial charge is 0.497 e. The first-order chi connectivity index (χ1) is 20.3. The molecule has 0 aromatic heterocycles. The summed E-state index contributed by atoms with van der Waals surface area (Å²) in [5, 5.41) is 5.61. The van der Waals surface area contributed by atoms with Gasteiger partial charge in [-0.25, -0.2) is 4.79 Å². The number of carbonyl (C=O) groups is 1. The summed E-state index contributed by atoms with van der Waals surface area (Å²) in [5.74, 6) is 7.02. The molecule has 3 atom stereocenters. The smallest absolute Gasteiger partial charge is 0.401 e. The van der Waals surface area contributed by atoms with Gasteiger partial charge >= 0.3 is 12.2 Å². The molecule has 5 rings (SSSR count). The fraction of sp³-hybridized carbons (Fsp3) is 0.364. The molecular weight excluding hydrogens is 541 g/mol. The van der Waals surface area contributed by atoms with Crippen LogP contribution in [-0.4, -0.2) is 73.9 Å². The minimum atomic E-state index is -4.27. The van der Waals surface area contributed by atoms with Crippen molar-refractivity contribution in [2.75, 3.05) is 45.2 Å². The van der Waals surface area contributed by atoms with Gasteiger partial charge in [-0.3, -0.25) is 4.90 Å². The van der Waals surface area contributed by atoms with Gasteiger partial charge in [0, 0.05) is 54.5 Å².